The molecule has 1 aliphatic rings. The molecule has 0 bridgehead atoms. The van der Waals surface area contributed by atoms with Crippen LogP contribution >= 0.6 is 0 Å². The minimum Gasteiger partial charge on any atom is -0.468 e. The summed E-state index contributed by atoms with van der Waals surface area (Å²) in [5, 5.41) is 6.82. The molecule has 0 saturated carbocycles. The van der Waals surface area contributed by atoms with E-state index >= 15 is 0 Å². The van der Waals surface area contributed by atoms with Crippen LogP contribution in [0.25, 0.3) is 0 Å². The van der Waals surface area contributed by atoms with Crippen LogP contribution in [0.3, 0.4) is 0 Å². The third-order valence-corrected chi connectivity index (χ3v) is 3.30. The maximum absolute atomic E-state index is 5.26. The predicted molar refractivity (Wildman–Crippen MR) is 65.2 cm³/mol. The number of hydrogen-bond donors (Lipinski definition) is 2. The molecule has 16 heavy (non-hydrogen) atoms. The highest BCUT2D eigenvalue weighted by Crippen LogP contribution is 2.17. The van der Waals surface area contributed by atoms with Gasteiger partial charge in [-0.1, -0.05) is 0 Å². The van der Waals surface area contributed by atoms with E-state index in [4.69, 9.17) is 4.42 Å². The summed E-state index contributed by atoms with van der Waals surface area (Å²) in [7, 11) is 0. The number of piperidine rings is 1. The number of rotatable bonds is 6. The van der Waals surface area contributed by atoms with Crippen molar-refractivity contribution in [3.63, 3.8) is 0 Å². The Bertz CT molecular complexity index is 265. The van der Waals surface area contributed by atoms with Gasteiger partial charge in [0.05, 0.1) is 12.8 Å². The van der Waals surface area contributed by atoms with Gasteiger partial charge in [-0.3, -0.25) is 0 Å². The molecule has 0 aromatic carbocycles. The van der Waals surface area contributed by atoms with E-state index in [0.29, 0.717) is 0 Å². The fourth-order valence-corrected chi connectivity index (χ4v) is 2.31. The van der Waals surface area contributed by atoms with Crippen LogP contribution in [0.5, 0.6) is 0 Å². The van der Waals surface area contributed by atoms with Gasteiger partial charge in [0.15, 0.2) is 0 Å². The molecule has 0 spiro atoms. The first kappa shape index (κ1) is 11.7. The monoisotopic (exact) mass is 222 g/mol. The zero-order valence-electron chi connectivity index (χ0n) is 9.87. The Morgan fingerprint density at radius 2 is 2.25 bits per heavy atom. The van der Waals surface area contributed by atoms with Gasteiger partial charge >= 0.3 is 0 Å². The molecular formula is C13H22N2O. The van der Waals surface area contributed by atoms with Crippen LogP contribution in [0.2, 0.25) is 0 Å². The zero-order chi connectivity index (χ0) is 11.1. The van der Waals surface area contributed by atoms with Gasteiger partial charge in [-0.15, -0.1) is 0 Å². The third kappa shape index (κ3) is 3.99. The van der Waals surface area contributed by atoms with Crippen LogP contribution in [-0.4, -0.2) is 19.6 Å². The van der Waals surface area contributed by atoms with E-state index in [9.17, 15) is 0 Å². The van der Waals surface area contributed by atoms with Crippen LogP contribution in [0.1, 0.15) is 31.4 Å². The van der Waals surface area contributed by atoms with Crippen molar-refractivity contribution in [2.75, 3.05) is 19.6 Å². The average molecular weight is 222 g/mol. The summed E-state index contributed by atoms with van der Waals surface area (Å²) in [6.07, 6.45) is 7.10. The molecule has 0 radical (unpaired) electrons. The normalized spacial score (nSPS) is 17.8. The SMILES string of the molecule is c1coc(CNCCCC2CCNCC2)c1. The highest BCUT2D eigenvalue weighted by molar-refractivity contribution is 4.97. The summed E-state index contributed by atoms with van der Waals surface area (Å²) in [5.74, 6) is 1.98. The quantitative estimate of drug-likeness (QED) is 0.724. The van der Waals surface area contributed by atoms with Crippen molar-refractivity contribution in [1.29, 1.82) is 0 Å². The van der Waals surface area contributed by atoms with Crippen molar-refractivity contribution in [2.45, 2.75) is 32.2 Å². The lowest BCUT2D eigenvalue weighted by atomic mass is 9.93. The highest BCUT2D eigenvalue weighted by atomic mass is 16.3. The van der Waals surface area contributed by atoms with Crippen LogP contribution in [0.15, 0.2) is 22.8 Å². The van der Waals surface area contributed by atoms with Crippen LogP contribution < -0.4 is 10.6 Å². The number of nitrogens with one attached hydrogen (secondary N) is 2. The Morgan fingerprint density at radius 3 is 3.00 bits per heavy atom. The molecule has 1 fully saturated rings. The Balaban J connectivity index is 1.48. The third-order valence-electron chi connectivity index (χ3n) is 3.30. The van der Waals surface area contributed by atoms with Gasteiger partial charge in [-0.05, 0) is 63.4 Å². The van der Waals surface area contributed by atoms with Crippen LogP contribution in [-0.2, 0) is 6.54 Å². The molecule has 1 saturated heterocycles. The second-order valence-corrected chi connectivity index (χ2v) is 4.59. The van der Waals surface area contributed by atoms with Crippen molar-refractivity contribution < 1.29 is 4.42 Å². The molecule has 3 heteroatoms. The second kappa shape index (κ2) is 6.71. The summed E-state index contributed by atoms with van der Waals surface area (Å²) in [6, 6.07) is 3.95. The Labute approximate surface area is 97.6 Å². The Morgan fingerprint density at radius 1 is 1.38 bits per heavy atom. The summed E-state index contributed by atoms with van der Waals surface area (Å²) in [5.41, 5.74) is 0. The fraction of sp³-hybridized carbons (Fsp3) is 0.692. The van der Waals surface area contributed by atoms with E-state index in [2.05, 4.69) is 10.6 Å². The molecule has 0 amide bonds. The maximum atomic E-state index is 5.26. The first-order valence-electron chi connectivity index (χ1n) is 6.39. The van der Waals surface area contributed by atoms with E-state index < -0.39 is 0 Å². The van der Waals surface area contributed by atoms with Gasteiger partial charge < -0.3 is 15.1 Å². The minimum absolute atomic E-state index is 0.860. The molecule has 2 rings (SSSR count). The lowest BCUT2D eigenvalue weighted by molar-refractivity contribution is 0.343. The second-order valence-electron chi connectivity index (χ2n) is 4.59. The van der Waals surface area contributed by atoms with Gasteiger partial charge in [-0.2, -0.15) is 0 Å². The van der Waals surface area contributed by atoms with Gasteiger partial charge in [0.25, 0.3) is 0 Å². The van der Waals surface area contributed by atoms with Gasteiger partial charge in [-0.25, -0.2) is 0 Å². The van der Waals surface area contributed by atoms with Crippen molar-refractivity contribution in [1.82, 2.24) is 10.6 Å². The molecule has 90 valence electrons. The summed E-state index contributed by atoms with van der Waals surface area (Å²) in [6.45, 7) is 4.39. The smallest absolute Gasteiger partial charge is 0.117 e. The largest absolute Gasteiger partial charge is 0.468 e. The molecule has 3 nitrogen and oxygen atoms in total. The van der Waals surface area contributed by atoms with E-state index in [0.717, 1.165) is 24.8 Å². The average Bonchev–Trinajstić information content (AvgIpc) is 2.83. The van der Waals surface area contributed by atoms with Gasteiger partial charge in [0, 0.05) is 0 Å². The Hall–Kier alpha value is -0.800. The molecule has 0 atom stereocenters. The van der Waals surface area contributed by atoms with E-state index in [-0.39, 0.29) is 0 Å². The molecule has 1 aliphatic heterocycles. The number of furan rings is 1. The number of hydrogen-bond acceptors (Lipinski definition) is 3. The first-order chi connectivity index (χ1) is 7.95. The van der Waals surface area contributed by atoms with Crippen molar-refractivity contribution in [3.8, 4) is 0 Å². The molecule has 1 aromatic rings. The molecular weight excluding hydrogens is 200 g/mol. The van der Waals surface area contributed by atoms with E-state index in [1.807, 2.05) is 12.1 Å². The van der Waals surface area contributed by atoms with Crippen molar-refractivity contribution >= 4 is 0 Å². The summed E-state index contributed by atoms with van der Waals surface area (Å²) in [4.78, 5) is 0. The minimum atomic E-state index is 0.860. The topological polar surface area (TPSA) is 37.2 Å². The molecule has 1 aromatic heterocycles. The molecule has 2 N–H and O–H groups in total. The van der Waals surface area contributed by atoms with Gasteiger partial charge in [0.1, 0.15) is 5.76 Å². The first-order valence-corrected chi connectivity index (χ1v) is 6.39. The Kier molecular flexibility index (Phi) is 4.90. The molecule has 2 heterocycles. The summed E-state index contributed by atoms with van der Waals surface area (Å²) < 4.78 is 5.26. The van der Waals surface area contributed by atoms with Crippen molar-refractivity contribution in [2.24, 2.45) is 5.92 Å². The predicted octanol–water partition coefficient (Wildman–Crippen LogP) is 2.15. The van der Waals surface area contributed by atoms with Crippen molar-refractivity contribution in [3.05, 3.63) is 24.2 Å². The van der Waals surface area contributed by atoms with E-state index in [1.165, 1.54) is 38.8 Å². The highest BCUT2D eigenvalue weighted by Gasteiger charge is 2.11. The summed E-state index contributed by atoms with van der Waals surface area (Å²) >= 11 is 0. The fourth-order valence-electron chi connectivity index (χ4n) is 2.31. The lowest BCUT2D eigenvalue weighted by Crippen LogP contribution is -2.28. The molecule has 0 aliphatic carbocycles. The maximum Gasteiger partial charge on any atom is 0.117 e. The zero-order valence-corrected chi connectivity index (χ0v) is 9.87. The molecule has 0 unspecified atom stereocenters. The lowest BCUT2D eigenvalue weighted by Gasteiger charge is -2.22. The van der Waals surface area contributed by atoms with Crippen LogP contribution in [0.4, 0.5) is 0 Å². The van der Waals surface area contributed by atoms with E-state index in [1.54, 1.807) is 6.26 Å². The van der Waals surface area contributed by atoms with Crippen LogP contribution in [0, 0.1) is 5.92 Å². The van der Waals surface area contributed by atoms with Gasteiger partial charge in [0.2, 0.25) is 0 Å². The standard InChI is InChI=1S/C13H22N2O/c1(3-12-5-8-14-9-6-12)7-15-11-13-4-2-10-16-13/h2,4,10,12,14-15H,1,3,5-9,11H2.